The summed E-state index contributed by atoms with van der Waals surface area (Å²) in [5.74, 6) is -2.07. The first kappa shape index (κ1) is 9.14. The molecule has 0 aliphatic rings. The molecule has 0 heterocycles. The number of carboxylic acid groups (broad SMARTS) is 1. The van der Waals surface area contributed by atoms with Crippen LogP contribution in [0, 0.1) is 5.92 Å². The van der Waals surface area contributed by atoms with Crippen molar-refractivity contribution in [3.63, 3.8) is 0 Å². The van der Waals surface area contributed by atoms with Gasteiger partial charge in [0.2, 0.25) is 0 Å². The summed E-state index contributed by atoms with van der Waals surface area (Å²) in [6.45, 7) is 4.49. The Morgan fingerprint density at radius 1 is 1.50 bits per heavy atom. The molecule has 0 aromatic rings. The van der Waals surface area contributed by atoms with Crippen LogP contribution in [0.15, 0.2) is 11.4 Å². The Hall–Kier alpha value is -0.860. The van der Waals surface area contributed by atoms with E-state index in [2.05, 4.69) is 0 Å². The van der Waals surface area contributed by atoms with Crippen LogP contribution in [0.3, 0.4) is 0 Å². The third-order valence-corrected chi connectivity index (χ3v) is 1.19. The third-order valence-electron chi connectivity index (χ3n) is 1.19. The zero-order valence-electron chi connectivity index (χ0n) is 6.31. The zero-order chi connectivity index (χ0) is 8.31. The van der Waals surface area contributed by atoms with E-state index in [-0.39, 0.29) is 11.5 Å². The van der Waals surface area contributed by atoms with Crippen molar-refractivity contribution in [2.75, 3.05) is 0 Å². The molecule has 0 fully saturated rings. The summed E-state index contributed by atoms with van der Waals surface area (Å²) in [4.78, 5) is 10.1. The van der Waals surface area contributed by atoms with Crippen molar-refractivity contribution in [2.24, 2.45) is 5.92 Å². The summed E-state index contributed by atoms with van der Waals surface area (Å²) in [6, 6.07) is 0. The maximum absolute atomic E-state index is 12.7. The summed E-state index contributed by atoms with van der Waals surface area (Å²) in [5.41, 5.74) is -0.199. The Morgan fingerprint density at radius 2 is 1.90 bits per heavy atom. The molecule has 0 aliphatic heterocycles. The van der Waals surface area contributed by atoms with Crippen molar-refractivity contribution >= 4 is 5.97 Å². The van der Waals surface area contributed by atoms with Gasteiger partial charge in [-0.15, -0.1) is 0 Å². The Morgan fingerprint density at radius 3 is 2.00 bits per heavy atom. The van der Waals surface area contributed by atoms with Crippen LogP contribution in [0.2, 0.25) is 0 Å². The van der Waals surface area contributed by atoms with E-state index in [9.17, 15) is 9.18 Å². The van der Waals surface area contributed by atoms with Gasteiger partial charge in [-0.1, -0.05) is 13.8 Å². The number of hydrogen-bond acceptors (Lipinski definition) is 1. The number of hydrogen-bond donors (Lipinski definition) is 1. The quantitative estimate of drug-likeness (QED) is 0.605. The number of halogens is 1. The molecule has 0 saturated carbocycles. The summed E-state index contributed by atoms with van der Waals surface area (Å²) < 4.78 is 12.7. The minimum Gasteiger partial charge on any atom is -0.478 e. The van der Waals surface area contributed by atoms with Crippen LogP contribution < -0.4 is 0 Å². The lowest BCUT2D eigenvalue weighted by molar-refractivity contribution is -0.132. The maximum atomic E-state index is 12.7. The molecule has 0 bridgehead atoms. The molecule has 0 radical (unpaired) electrons. The van der Waals surface area contributed by atoms with Crippen LogP contribution in [0.5, 0.6) is 0 Å². The van der Waals surface area contributed by atoms with Gasteiger partial charge in [0.05, 0.1) is 5.57 Å². The van der Waals surface area contributed by atoms with E-state index in [1.807, 2.05) is 0 Å². The number of aliphatic carboxylic acids is 1. The van der Waals surface area contributed by atoms with Gasteiger partial charge in [0.15, 0.2) is 0 Å². The van der Waals surface area contributed by atoms with E-state index in [1.54, 1.807) is 13.8 Å². The monoisotopic (exact) mass is 146 g/mol. The first-order valence-corrected chi connectivity index (χ1v) is 3.06. The van der Waals surface area contributed by atoms with E-state index in [0.29, 0.717) is 0 Å². The average molecular weight is 146 g/mol. The smallest absolute Gasteiger partial charge is 0.333 e. The summed E-state index contributed by atoms with van der Waals surface area (Å²) in [5, 5.41) is 8.30. The van der Waals surface area contributed by atoms with Crippen molar-refractivity contribution in [3.05, 3.63) is 11.4 Å². The standard InChI is InChI=1S/C7H11FO2/c1-4(2)6(8)5(3)7(9)10/h4H,1-3H3,(H,9,10)/b6-5+. The topological polar surface area (TPSA) is 37.3 Å². The highest BCUT2D eigenvalue weighted by atomic mass is 19.1. The Kier molecular flexibility index (Phi) is 3.06. The molecule has 0 aromatic carbocycles. The van der Waals surface area contributed by atoms with Crippen LogP contribution in [0.1, 0.15) is 20.8 Å². The van der Waals surface area contributed by atoms with Gasteiger partial charge in [-0.3, -0.25) is 0 Å². The molecule has 0 unspecified atom stereocenters. The highest BCUT2D eigenvalue weighted by Crippen LogP contribution is 2.15. The fourth-order valence-electron chi connectivity index (χ4n) is 0.535. The molecule has 0 atom stereocenters. The second-order valence-electron chi connectivity index (χ2n) is 2.43. The summed E-state index contributed by atoms with van der Waals surface area (Å²) >= 11 is 0. The van der Waals surface area contributed by atoms with Gasteiger partial charge < -0.3 is 5.11 Å². The van der Waals surface area contributed by atoms with E-state index in [0.717, 1.165) is 0 Å². The number of rotatable bonds is 2. The second-order valence-corrected chi connectivity index (χ2v) is 2.43. The molecular formula is C7H11FO2. The highest BCUT2D eigenvalue weighted by Gasteiger charge is 2.11. The van der Waals surface area contributed by atoms with Crippen molar-refractivity contribution in [2.45, 2.75) is 20.8 Å². The Balaban J connectivity index is 4.50. The van der Waals surface area contributed by atoms with Gasteiger partial charge in [-0.05, 0) is 6.92 Å². The van der Waals surface area contributed by atoms with Gasteiger partial charge >= 0.3 is 5.97 Å². The van der Waals surface area contributed by atoms with Gasteiger partial charge in [0, 0.05) is 5.92 Å². The van der Waals surface area contributed by atoms with E-state index in [4.69, 9.17) is 5.11 Å². The summed E-state index contributed by atoms with van der Waals surface area (Å²) in [6.07, 6.45) is 0. The Labute approximate surface area is 59.4 Å². The molecule has 0 aromatic heterocycles. The number of carbonyl (C=O) groups is 1. The van der Waals surface area contributed by atoms with Crippen LogP contribution in [0.4, 0.5) is 4.39 Å². The van der Waals surface area contributed by atoms with Gasteiger partial charge in [0.25, 0.3) is 0 Å². The number of carboxylic acids is 1. The van der Waals surface area contributed by atoms with Crippen molar-refractivity contribution in [1.29, 1.82) is 0 Å². The van der Waals surface area contributed by atoms with Crippen molar-refractivity contribution in [1.82, 2.24) is 0 Å². The molecule has 0 amide bonds. The largest absolute Gasteiger partial charge is 0.478 e. The lowest BCUT2D eigenvalue weighted by Gasteiger charge is -2.01. The second kappa shape index (κ2) is 3.34. The minimum atomic E-state index is -1.19. The normalized spacial score (nSPS) is 13.3. The molecule has 0 rings (SSSR count). The molecule has 3 heteroatoms. The van der Waals surface area contributed by atoms with Gasteiger partial charge in [0.1, 0.15) is 5.83 Å². The predicted octanol–water partition coefficient (Wildman–Crippen LogP) is 1.97. The molecule has 2 nitrogen and oxygen atoms in total. The molecule has 58 valence electrons. The van der Waals surface area contributed by atoms with Crippen LogP contribution in [-0.2, 0) is 4.79 Å². The average Bonchev–Trinajstić information content (AvgIpc) is 1.84. The van der Waals surface area contributed by atoms with Crippen LogP contribution in [-0.4, -0.2) is 11.1 Å². The van der Waals surface area contributed by atoms with Gasteiger partial charge in [-0.25, -0.2) is 9.18 Å². The molecule has 10 heavy (non-hydrogen) atoms. The van der Waals surface area contributed by atoms with E-state index < -0.39 is 11.8 Å². The Bertz CT molecular complexity index is 170. The van der Waals surface area contributed by atoms with Crippen molar-refractivity contribution in [3.8, 4) is 0 Å². The predicted molar refractivity (Wildman–Crippen MR) is 36.3 cm³/mol. The lowest BCUT2D eigenvalue weighted by Crippen LogP contribution is -2.02. The molecular weight excluding hydrogens is 135 g/mol. The molecule has 0 aliphatic carbocycles. The molecule has 0 spiro atoms. The SMILES string of the molecule is C/C(C(=O)O)=C(\F)C(C)C. The van der Waals surface area contributed by atoms with Crippen LogP contribution >= 0.6 is 0 Å². The first-order chi connectivity index (χ1) is 4.46. The fraction of sp³-hybridized carbons (Fsp3) is 0.571. The minimum absolute atomic E-state index is 0.199. The fourth-order valence-corrected chi connectivity index (χ4v) is 0.535. The third kappa shape index (κ3) is 2.17. The first-order valence-electron chi connectivity index (χ1n) is 3.06. The lowest BCUT2D eigenvalue weighted by atomic mass is 10.1. The number of allylic oxidation sites excluding steroid dienone is 1. The van der Waals surface area contributed by atoms with E-state index >= 15 is 0 Å². The van der Waals surface area contributed by atoms with Crippen molar-refractivity contribution < 1.29 is 14.3 Å². The van der Waals surface area contributed by atoms with Gasteiger partial charge in [-0.2, -0.15) is 0 Å². The van der Waals surface area contributed by atoms with Crippen LogP contribution in [0.25, 0.3) is 0 Å². The maximum Gasteiger partial charge on any atom is 0.333 e. The highest BCUT2D eigenvalue weighted by molar-refractivity contribution is 5.86. The molecule has 0 saturated heterocycles. The zero-order valence-corrected chi connectivity index (χ0v) is 6.31. The molecule has 1 N–H and O–H groups in total. The van der Waals surface area contributed by atoms with E-state index in [1.165, 1.54) is 6.92 Å². The summed E-state index contributed by atoms with van der Waals surface area (Å²) in [7, 11) is 0.